The average molecular weight is 539 g/mol. The maximum absolute atomic E-state index is 14.8. The van der Waals surface area contributed by atoms with Crippen LogP contribution < -0.4 is 9.47 Å². The van der Waals surface area contributed by atoms with Gasteiger partial charge in [0.25, 0.3) is 0 Å². The molecule has 8 nitrogen and oxygen atoms in total. The molecule has 3 atom stereocenters. The Hall–Kier alpha value is -4.46. The average Bonchev–Trinajstić information content (AvgIpc) is 3.38. The van der Waals surface area contributed by atoms with Crippen LogP contribution in [0.1, 0.15) is 70.1 Å². The first-order chi connectivity index (χ1) is 19.1. The van der Waals surface area contributed by atoms with Gasteiger partial charge in [-0.25, -0.2) is 4.79 Å². The van der Waals surface area contributed by atoms with Gasteiger partial charge in [-0.15, -0.1) is 0 Å². The van der Waals surface area contributed by atoms with E-state index in [1.807, 2.05) is 24.3 Å². The van der Waals surface area contributed by atoms with Gasteiger partial charge in [0.15, 0.2) is 17.6 Å². The molecule has 204 valence electrons. The molecule has 0 aromatic heterocycles. The highest BCUT2D eigenvalue weighted by molar-refractivity contribution is 6.31. The minimum Gasteiger partial charge on any atom is -0.497 e. The molecule has 0 saturated carbocycles. The number of ketones is 2. The molecule has 3 aliphatic rings. The lowest BCUT2D eigenvalue weighted by atomic mass is 9.63. The molecule has 6 rings (SSSR count). The summed E-state index contributed by atoms with van der Waals surface area (Å²) in [6, 6.07) is 17.6. The number of hydrogen-bond donors (Lipinski definition) is 0. The normalized spacial score (nSPS) is 22.1. The Morgan fingerprint density at radius 1 is 0.875 bits per heavy atom. The lowest BCUT2D eigenvalue weighted by Crippen LogP contribution is -2.44. The first-order valence-electron chi connectivity index (χ1n) is 13.2. The summed E-state index contributed by atoms with van der Waals surface area (Å²) in [5.41, 5.74) is 0.126. The van der Waals surface area contributed by atoms with E-state index in [9.17, 15) is 14.4 Å². The van der Waals surface area contributed by atoms with Gasteiger partial charge in [-0.2, -0.15) is 5.10 Å². The van der Waals surface area contributed by atoms with E-state index in [2.05, 4.69) is 0 Å². The fraction of sp³-hybridized carbons (Fsp3) is 0.312. The number of hydrogen-bond acceptors (Lipinski definition) is 8. The molecule has 3 aromatic carbocycles. The van der Waals surface area contributed by atoms with Crippen LogP contribution >= 0.6 is 0 Å². The molecule has 1 aliphatic carbocycles. The van der Waals surface area contributed by atoms with Crippen LogP contribution in [0.25, 0.3) is 0 Å². The summed E-state index contributed by atoms with van der Waals surface area (Å²) in [6.07, 6.45) is 1.67. The molecule has 0 amide bonds. The van der Waals surface area contributed by atoms with Gasteiger partial charge in [0, 0.05) is 22.6 Å². The Morgan fingerprint density at radius 3 is 2.15 bits per heavy atom. The van der Waals surface area contributed by atoms with Crippen molar-refractivity contribution in [1.82, 2.24) is 5.01 Å². The van der Waals surface area contributed by atoms with Crippen LogP contribution in [0.4, 0.5) is 0 Å². The lowest BCUT2D eigenvalue weighted by Gasteiger charge is -2.36. The Bertz CT molecular complexity index is 1550. The third-order valence-electron chi connectivity index (χ3n) is 8.00. The van der Waals surface area contributed by atoms with E-state index in [0.717, 1.165) is 11.1 Å². The maximum atomic E-state index is 14.8. The summed E-state index contributed by atoms with van der Waals surface area (Å²) in [5, 5.41) is 6.32. The standard InChI is InChI=1S/C32H30N2O6/c1-31(2,3)40-30(37)26-25(23-16-19(38-4)14-15-24(23)39-5)32(28(35)21-12-8-9-13-22(21)29(32)36)27-20-11-7-6-10-18(20)17-33-34(26)27/h6-17,25-27H,1-5H3/t25-,26+,27?/m0/s1. The number of esters is 1. The summed E-state index contributed by atoms with van der Waals surface area (Å²) in [5.74, 6) is -1.37. The fourth-order valence-corrected chi connectivity index (χ4v) is 6.54. The quantitative estimate of drug-likeness (QED) is 0.342. The van der Waals surface area contributed by atoms with E-state index in [-0.39, 0.29) is 11.6 Å². The minimum absolute atomic E-state index is 0.330. The summed E-state index contributed by atoms with van der Waals surface area (Å²) in [7, 11) is 3.05. The number of carbonyl (C=O) groups excluding carboxylic acids is 3. The fourth-order valence-electron chi connectivity index (χ4n) is 6.54. The van der Waals surface area contributed by atoms with Crippen molar-refractivity contribution in [2.75, 3.05) is 14.2 Å². The highest BCUT2D eigenvalue weighted by atomic mass is 16.6. The number of Topliss-reactive ketones (excluding diaryl/α,β-unsaturated/α-hetero) is 2. The topological polar surface area (TPSA) is 94.5 Å². The van der Waals surface area contributed by atoms with Crippen LogP contribution in [-0.2, 0) is 9.53 Å². The molecule has 8 heteroatoms. The molecule has 1 saturated heterocycles. The van der Waals surface area contributed by atoms with Crippen LogP contribution in [0.15, 0.2) is 71.8 Å². The summed E-state index contributed by atoms with van der Waals surface area (Å²) in [4.78, 5) is 43.7. The van der Waals surface area contributed by atoms with Gasteiger partial charge in [0.1, 0.15) is 22.5 Å². The van der Waals surface area contributed by atoms with Crippen molar-refractivity contribution in [2.24, 2.45) is 10.5 Å². The summed E-state index contributed by atoms with van der Waals surface area (Å²) < 4.78 is 17.3. The first kappa shape index (κ1) is 25.8. The highest BCUT2D eigenvalue weighted by Gasteiger charge is 2.73. The molecule has 0 N–H and O–H groups in total. The number of ether oxygens (including phenoxy) is 3. The Kier molecular flexibility index (Phi) is 5.83. The number of nitrogens with zero attached hydrogens (tertiary/aromatic N) is 2. The predicted octanol–water partition coefficient (Wildman–Crippen LogP) is 4.97. The third-order valence-corrected chi connectivity index (χ3v) is 8.00. The highest BCUT2D eigenvalue weighted by Crippen LogP contribution is 2.65. The van der Waals surface area contributed by atoms with Gasteiger partial charge in [0.2, 0.25) is 0 Å². The summed E-state index contributed by atoms with van der Waals surface area (Å²) in [6.45, 7) is 5.35. The second-order valence-corrected chi connectivity index (χ2v) is 11.3. The molecule has 1 unspecified atom stereocenters. The third kappa shape index (κ3) is 3.51. The monoisotopic (exact) mass is 538 g/mol. The van der Waals surface area contributed by atoms with Gasteiger partial charge < -0.3 is 14.2 Å². The van der Waals surface area contributed by atoms with Gasteiger partial charge in [-0.3, -0.25) is 14.6 Å². The van der Waals surface area contributed by atoms with E-state index in [4.69, 9.17) is 19.3 Å². The van der Waals surface area contributed by atoms with Crippen LogP contribution in [0.2, 0.25) is 0 Å². The van der Waals surface area contributed by atoms with Crippen LogP contribution in [-0.4, -0.2) is 54.6 Å². The number of fused-ring (bicyclic) bond motifs is 5. The van der Waals surface area contributed by atoms with Gasteiger partial charge in [-0.1, -0.05) is 48.5 Å². The molecule has 0 radical (unpaired) electrons. The molecule has 2 aliphatic heterocycles. The van der Waals surface area contributed by atoms with Crippen molar-refractivity contribution in [1.29, 1.82) is 0 Å². The van der Waals surface area contributed by atoms with Gasteiger partial charge in [-0.05, 0) is 50.1 Å². The molecule has 1 fully saturated rings. The van der Waals surface area contributed by atoms with Crippen LogP contribution in [0.5, 0.6) is 11.5 Å². The largest absolute Gasteiger partial charge is 0.497 e. The number of benzene rings is 3. The molecule has 2 heterocycles. The molecular formula is C32H30N2O6. The predicted molar refractivity (Wildman–Crippen MR) is 148 cm³/mol. The molecule has 3 aromatic rings. The summed E-state index contributed by atoms with van der Waals surface area (Å²) >= 11 is 0. The zero-order chi connectivity index (χ0) is 28.4. The SMILES string of the molecule is COc1ccc(OC)c([C@H]2[C@H](C(=O)OC(C)(C)C)N3N=Cc4ccccc4C3C23C(=O)c2ccccc2C3=O)c1. The second-order valence-electron chi connectivity index (χ2n) is 11.3. The molecule has 1 spiro atoms. The zero-order valence-corrected chi connectivity index (χ0v) is 23.0. The van der Waals surface area contributed by atoms with Crippen molar-refractivity contribution in [2.45, 2.75) is 44.4 Å². The van der Waals surface area contributed by atoms with E-state index < -0.39 is 35.0 Å². The van der Waals surface area contributed by atoms with Crippen molar-refractivity contribution < 1.29 is 28.6 Å². The molecular weight excluding hydrogens is 508 g/mol. The Labute approximate surface area is 232 Å². The second kappa shape index (κ2) is 9.05. The van der Waals surface area contributed by atoms with Gasteiger partial charge >= 0.3 is 5.97 Å². The van der Waals surface area contributed by atoms with Crippen molar-refractivity contribution in [3.05, 3.63) is 94.5 Å². The maximum Gasteiger partial charge on any atom is 0.331 e. The van der Waals surface area contributed by atoms with Crippen LogP contribution in [0.3, 0.4) is 0 Å². The number of methoxy groups -OCH3 is 2. The number of hydrazone groups is 1. The van der Waals surface area contributed by atoms with E-state index >= 15 is 0 Å². The van der Waals surface area contributed by atoms with Crippen molar-refractivity contribution >= 4 is 23.8 Å². The minimum atomic E-state index is -1.72. The van der Waals surface area contributed by atoms with Crippen molar-refractivity contribution in [3.63, 3.8) is 0 Å². The van der Waals surface area contributed by atoms with Crippen molar-refractivity contribution in [3.8, 4) is 11.5 Å². The van der Waals surface area contributed by atoms with E-state index in [1.165, 1.54) is 14.2 Å². The molecule has 0 bridgehead atoms. The Morgan fingerprint density at radius 2 is 1.52 bits per heavy atom. The van der Waals surface area contributed by atoms with Gasteiger partial charge in [0.05, 0.1) is 26.5 Å². The zero-order valence-electron chi connectivity index (χ0n) is 23.0. The van der Waals surface area contributed by atoms with E-state index in [0.29, 0.717) is 28.2 Å². The van der Waals surface area contributed by atoms with Crippen LogP contribution in [0, 0.1) is 5.41 Å². The number of carbonyl (C=O) groups is 3. The smallest absolute Gasteiger partial charge is 0.331 e. The first-order valence-corrected chi connectivity index (χ1v) is 13.2. The molecule has 40 heavy (non-hydrogen) atoms. The number of rotatable bonds is 4. The lowest BCUT2D eigenvalue weighted by molar-refractivity contribution is -0.161. The Balaban J connectivity index is 1.71. The van der Waals surface area contributed by atoms with E-state index in [1.54, 1.807) is 74.5 Å².